The van der Waals surface area contributed by atoms with Crippen LogP contribution in [0.3, 0.4) is 0 Å². The van der Waals surface area contributed by atoms with Gasteiger partial charge in [0.2, 0.25) is 0 Å². The Morgan fingerprint density at radius 3 is 1.77 bits per heavy atom. The van der Waals surface area contributed by atoms with Gasteiger partial charge >= 0.3 is 6.16 Å². The number of benzene rings is 1. The van der Waals surface area contributed by atoms with E-state index in [1.165, 1.54) is 0 Å². The molecule has 0 aliphatic carbocycles. The third kappa shape index (κ3) is 6.60. The molecule has 0 spiro atoms. The van der Waals surface area contributed by atoms with E-state index in [-0.39, 0.29) is 0 Å². The summed E-state index contributed by atoms with van der Waals surface area (Å²) in [7, 11) is 1.10. The Kier molecular flexibility index (Phi) is 6.62. The summed E-state index contributed by atoms with van der Waals surface area (Å²) < 4.78 is 5.86. The molecular formula is C8H8Br2O3. The maximum absolute atomic E-state index is 9.15. The van der Waals surface area contributed by atoms with E-state index in [0.29, 0.717) is 0 Å². The first-order chi connectivity index (χ1) is 6.07. The topological polar surface area (TPSA) is 46.5 Å². The van der Waals surface area contributed by atoms with Crippen molar-refractivity contribution in [2.75, 3.05) is 7.11 Å². The second kappa shape index (κ2) is 6.91. The van der Waals surface area contributed by atoms with Crippen molar-refractivity contribution in [2.24, 2.45) is 0 Å². The SMILES string of the molecule is Brc1ccccc1Br.COC(=O)O. The van der Waals surface area contributed by atoms with Crippen LogP contribution in [-0.4, -0.2) is 18.4 Å². The minimum absolute atomic E-state index is 1.10. The van der Waals surface area contributed by atoms with Crippen LogP contribution >= 0.6 is 31.9 Å². The fraction of sp³-hybridized carbons (Fsp3) is 0.125. The zero-order chi connectivity index (χ0) is 10.3. The van der Waals surface area contributed by atoms with Gasteiger partial charge in [0.05, 0.1) is 7.11 Å². The molecule has 0 heterocycles. The molecule has 1 rings (SSSR count). The highest BCUT2D eigenvalue weighted by molar-refractivity contribution is 9.13. The maximum Gasteiger partial charge on any atom is 0.505 e. The molecule has 0 amide bonds. The van der Waals surface area contributed by atoms with Gasteiger partial charge in [0.15, 0.2) is 0 Å². The van der Waals surface area contributed by atoms with Crippen molar-refractivity contribution in [1.29, 1.82) is 0 Å². The molecule has 0 atom stereocenters. The average Bonchev–Trinajstić information content (AvgIpc) is 2.11. The minimum atomic E-state index is -1.25. The number of rotatable bonds is 0. The normalized spacial score (nSPS) is 8.23. The highest BCUT2D eigenvalue weighted by Gasteiger charge is 1.88. The Morgan fingerprint density at radius 2 is 1.62 bits per heavy atom. The second-order valence-electron chi connectivity index (χ2n) is 1.88. The predicted octanol–water partition coefficient (Wildman–Crippen LogP) is 3.52. The Labute approximate surface area is 93.0 Å². The zero-order valence-corrected chi connectivity index (χ0v) is 10.0. The van der Waals surface area contributed by atoms with Gasteiger partial charge in [0.1, 0.15) is 0 Å². The lowest BCUT2D eigenvalue weighted by Gasteiger charge is -1.89. The highest BCUT2D eigenvalue weighted by Crippen LogP contribution is 2.20. The van der Waals surface area contributed by atoms with E-state index in [1.54, 1.807) is 0 Å². The molecule has 5 heteroatoms. The van der Waals surface area contributed by atoms with E-state index in [1.807, 2.05) is 24.3 Å². The van der Waals surface area contributed by atoms with Gasteiger partial charge in [-0.15, -0.1) is 0 Å². The Balaban J connectivity index is 0.000000252. The monoisotopic (exact) mass is 310 g/mol. The van der Waals surface area contributed by atoms with Crippen LogP contribution in [0.25, 0.3) is 0 Å². The number of carbonyl (C=O) groups is 1. The molecule has 0 aliphatic heterocycles. The molecule has 1 N–H and O–H groups in total. The maximum atomic E-state index is 9.15. The number of methoxy groups -OCH3 is 1. The van der Waals surface area contributed by atoms with Gasteiger partial charge in [-0.25, -0.2) is 4.79 Å². The van der Waals surface area contributed by atoms with Crippen molar-refractivity contribution in [3.8, 4) is 0 Å². The lowest BCUT2D eigenvalue weighted by Crippen LogP contribution is -1.91. The summed E-state index contributed by atoms with van der Waals surface area (Å²) in [5, 5.41) is 7.50. The largest absolute Gasteiger partial charge is 0.505 e. The van der Waals surface area contributed by atoms with E-state index in [0.717, 1.165) is 16.1 Å². The van der Waals surface area contributed by atoms with Crippen molar-refractivity contribution in [3.63, 3.8) is 0 Å². The van der Waals surface area contributed by atoms with E-state index >= 15 is 0 Å². The molecule has 1 aromatic rings. The summed E-state index contributed by atoms with van der Waals surface area (Å²) in [5.74, 6) is 0. The van der Waals surface area contributed by atoms with Gasteiger partial charge in [0.25, 0.3) is 0 Å². The Hall–Kier alpha value is -0.550. The fourth-order valence-electron chi connectivity index (χ4n) is 0.439. The molecule has 0 aliphatic rings. The molecule has 0 saturated carbocycles. The van der Waals surface area contributed by atoms with Crippen LogP contribution < -0.4 is 0 Å². The Bertz CT molecular complexity index is 255. The average molecular weight is 312 g/mol. The van der Waals surface area contributed by atoms with Gasteiger partial charge in [-0.2, -0.15) is 0 Å². The van der Waals surface area contributed by atoms with Crippen molar-refractivity contribution in [1.82, 2.24) is 0 Å². The molecule has 0 bridgehead atoms. The molecule has 0 aromatic heterocycles. The summed E-state index contributed by atoms with van der Waals surface area (Å²) in [5.41, 5.74) is 0. The Morgan fingerprint density at radius 1 is 1.31 bits per heavy atom. The summed E-state index contributed by atoms with van der Waals surface area (Å²) in [6.07, 6.45) is -1.25. The summed E-state index contributed by atoms with van der Waals surface area (Å²) in [4.78, 5) is 9.15. The van der Waals surface area contributed by atoms with Crippen LogP contribution in [0.15, 0.2) is 33.2 Å². The van der Waals surface area contributed by atoms with Gasteiger partial charge < -0.3 is 9.84 Å². The first kappa shape index (κ1) is 12.4. The van der Waals surface area contributed by atoms with Crippen LogP contribution in [0.1, 0.15) is 0 Å². The molecule has 13 heavy (non-hydrogen) atoms. The molecule has 0 saturated heterocycles. The molecule has 0 radical (unpaired) electrons. The molecule has 3 nitrogen and oxygen atoms in total. The predicted molar refractivity (Wildman–Crippen MR) is 56.9 cm³/mol. The standard InChI is InChI=1S/C6H4Br2.C2H4O3/c7-5-3-1-2-4-6(5)8;1-5-2(3)4/h1-4H;1H3,(H,3,4). The number of carboxylic acid groups (broad SMARTS) is 1. The summed E-state index contributed by atoms with van der Waals surface area (Å²) in [6, 6.07) is 7.94. The number of hydrogen-bond acceptors (Lipinski definition) is 2. The quantitative estimate of drug-likeness (QED) is 0.746. The van der Waals surface area contributed by atoms with Gasteiger partial charge in [0, 0.05) is 8.95 Å². The highest BCUT2D eigenvalue weighted by atomic mass is 79.9. The lowest BCUT2D eigenvalue weighted by atomic mass is 10.4. The van der Waals surface area contributed by atoms with Crippen molar-refractivity contribution < 1.29 is 14.6 Å². The molecule has 0 fully saturated rings. The molecule has 0 unspecified atom stereocenters. The molecular weight excluding hydrogens is 304 g/mol. The number of halogens is 2. The van der Waals surface area contributed by atoms with Crippen LogP contribution in [0.4, 0.5) is 4.79 Å². The van der Waals surface area contributed by atoms with Crippen LogP contribution in [0.5, 0.6) is 0 Å². The lowest BCUT2D eigenvalue weighted by molar-refractivity contribution is 0.114. The van der Waals surface area contributed by atoms with Crippen LogP contribution in [0.2, 0.25) is 0 Å². The van der Waals surface area contributed by atoms with Crippen LogP contribution in [0, 0.1) is 0 Å². The van der Waals surface area contributed by atoms with E-state index in [4.69, 9.17) is 9.90 Å². The second-order valence-corrected chi connectivity index (χ2v) is 3.59. The summed E-state index contributed by atoms with van der Waals surface area (Å²) in [6.45, 7) is 0. The summed E-state index contributed by atoms with van der Waals surface area (Å²) >= 11 is 6.70. The third-order valence-electron chi connectivity index (χ3n) is 0.999. The van der Waals surface area contributed by atoms with E-state index in [2.05, 4.69) is 36.6 Å². The number of ether oxygens (including phenoxy) is 1. The van der Waals surface area contributed by atoms with Gasteiger partial charge in [-0.05, 0) is 44.0 Å². The van der Waals surface area contributed by atoms with Crippen LogP contribution in [-0.2, 0) is 4.74 Å². The van der Waals surface area contributed by atoms with Crippen molar-refractivity contribution in [3.05, 3.63) is 33.2 Å². The first-order valence-corrected chi connectivity index (χ1v) is 4.83. The van der Waals surface area contributed by atoms with Crippen molar-refractivity contribution >= 4 is 38.0 Å². The van der Waals surface area contributed by atoms with Gasteiger partial charge in [-0.1, -0.05) is 12.1 Å². The first-order valence-electron chi connectivity index (χ1n) is 3.25. The van der Waals surface area contributed by atoms with E-state index in [9.17, 15) is 0 Å². The third-order valence-corrected chi connectivity index (χ3v) is 2.91. The minimum Gasteiger partial charge on any atom is -0.450 e. The molecule has 1 aromatic carbocycles. The van der Waals surface area contributed by atoms with E-state index < -0.39 is 6.16 Å². The number of hydrogen-bond donors (Lipinski definition) is 1. The van der Waals surface area contributed by atoms with Crippen molar-refractivity contribution in [2.45, 2.75) is 0 Å². The zero-order valence-electron chi connectivity index (χ0n) is 6.83. The fourth-order valence-corrected chi connectivity index (χ4v) is 1.01. The smallest absolute Gasteiger partial charge is 0.450 e. The van der Waals surface area contributed by atoms with Gasteiger partial charge in [-0.3, -0.25) is 0 Å². The molecule has 72 valence electrons.